The van der Waals surface area contributed by atoms with Crippen LogP contribution in [0.25, 0.3) is 0 Å². The van der Waals surface area contributed by atoms with Crippen molar-refractivity contribution in [3.05, 3.63) is 106 Å². The minimum absolute atomic E-state index is 0. The number of rotatable bonds is 4. The van der Waals surface area contributed by atoms with Crippen molar-refractivity contribution < 1.29 is 0 Å². The van der Waals surface area contributed by atoms with Crippen LogP contribution in [-0.2, 0) is 5.75 Å². The Labute approximate surface area is 185 Å². The molecular formula is C22H19Cl3N2S. The molecule has 4 rings (SSSR count). The maximum Gasteiger partial charge on any atom is 0.158 e. The highest BCUT2D eigenvalue weighted by Crippen LogP contribution is 2.38. The Bertz CT molecular complexity index is 949. The molecule has 0 unspecified atom stereocenters. The summed E-state index contributed by atoms with van der Waals surface area (Å²) in [7, 11) is 0. The monoisotopic (exact) mass is 448 g/mol. The van der Waals surface area contributed by atoms with E-state index in [1.807, 2.05) is 30.3 Å². The summed E-state index contributed by atoms with van der Waals surface area (Å²) in [4.78, 5) is 4.98. The van der Waals surface area contributed by atoms with Gasteiger partial charge >= 0.3 is 0 Å². The van der Waals surface area contributed by atoms with Gasteiger partial charge in [-0.1, -0.05) is 102 Å². The van der Waals surface area contributed by atoms with Crippen LogP contribution in [0.3, 0.4) is 0 Å². The number of halogens is 3. The van der Waals surface area contributed by atoms with Gasteiger partial charge in [0.25, 0.3) is 0 Å². The summed E-state index contributed by atoms with van der Waals surface area (Å²) in [5.41, 5.74) is 3.57. The molecule has 1 aliphatic rings. The summed E-state index contributed by atoms with van der Waals surface area (Å²) in [5.74, 6) is 0.783. The molecule has 3 aromatic carbocycles. The maximum atomic E-state index is 6.13. The molecule has 0 saturated carbocycles. The summed E-state index contributed by atoms with van der Waals surface area (Å²) >= 11 is 13.8. The van der Waals surface area contributed by atoms with Crippen molar-refractivity contribution in [1.82, 2.24) is 5.32 Å². The van der Waals surface area contributed by atoms with Crippen LogP contribution >= 0.6 is 47.4 Å². The lowest BCUT2D eigenvalue weighted by atomic mass is 9.95. The Kier molecular flexibility index (Phi) is 7.30. The van der Waals surface area contributed by atoms with Crippen molar-refractivity contribution in [2.75, 3.05) is 0 Å². The quantitative estimate of drug-likeness (QED) is 0.460. The van der Waals surface area contributed by atoms with Crippen molar-refractivity contribution >= 4 is 52.5 Å². The predicted molar refractivity (Wildman–Crippen MR) is 124 cm³/mol. The van der Waals surface area contributed by atoms with Gasteiger partial charge in [0.05, 0.1) is 16.1 Å². The molecule has 144 valence electrons. The first-order valence-corrected chi connectivity index (χ1v) is 10.5. The van der Waals surface area contributed by atoms with Crippen LogP contribution in [0.1, 0.15) is 28.8 Å². The van der Waals surface area contributed by atoms with Gasteiger partial charge in [0.1, 0.15) is 6.04 Å². The summed E-state index contributed by atoms with van der Waals surface area (Å²) in [6.45, 7) is 0. The van der Waals surface area contributed by atoms with Gasteiger partial charge in [-0.2, -0.15) is 0 Å². The first-order chi connectivity index (χ1) is 13.2. The smallest absolute Gasteiger partial charge is 0.158 e. The van der Waals surface area contributed by atoms with E-state index in [0.29, 0.717) is 10.0 Å². The van der Waals surface area contributed by atoms with Gasteiger partial charge < -0.3 is 5.32 Å². The van der Waals surface area contributed by atoms with E-state index in [0.717, 1.165) is 16.5 Å². The molecule has 0 amide bonds. The van der Waals surface area contributed by atoms with Crippen LogP contribution in [0.5, 0.6) is 0 Å². The number of aliphatic imine (C=N–C) groups is 1. The average Bonchev–Trinajstić information content (AvgIpc) is 3.15. The minimum Gasteiger partial charge on any atom is -0.356 e. The molecule has 0 aliphatic carbocycles. The second-order valence-electron chi connectivity index (χ2n) is 6.36. The fraction of sp³-hybridized carbons (Fsp3) is 0.136. The van der Waals surface area contributed by atoms with Crippen LogP contribution < -0.4 is 5.32 Å². The van der Waals surface area contributed by atoms with Crippen LogP contribution in [0.4, 0.5) is 0 Å². The molecule has 2 atom stereocenters. The molecule has 0 radical (unpaired) electrons. The lowest BCUT2D eigenvalue weighted by molar-refractivity contribution is 0.573. The van der Waals surface area contributed by atoms with Crippen LogP contribution in [0.15, 0.2) is 83.9 Å². The second-order valence-corrected chi connectivity index (χ2v) is 8.14. The molecule has 0 spiro atoms. The Hall–Kier alpha value is -1.65. The van der Waals surface area contributed by atoms with Gasteiger partial charge in [-0.05, 0) is 28.8 Å². The predicted octanol–water partition coefficient (Wildman–Crippen LogP) is 7.09. The minimum atomic E-state index is 0. The van der Waals surface area contributed by atoms with Gasteiger partial charge in [-0.25, -0.2) is 0 Å². The molecule has 6 heteroatoms. The Morgan fingerprint density at radius 1 is 0.821 bits per heavy atom. The van der Waals surface area contributed by atoms with Crippen molar-refractivity contribution in [3.8, 4) is 0 Å². The standard InChI is InChI=1S/C22H18Cl2N2S.ClH/c23-18-12-11-15(13-19(18)24)14-27-22-25-20(16-7-3-1-4-8-16)21(26-22)17-9-5-2-6-10-17;/h1-13,20-21H,14H2,(H,25,26);1H/t20-,21+;. The summed E-state index contributed by atoms with van der Waals surface area (Å²) < 4.78 is 0. The molecule has 0 fully saturated rings. The fourth-order valence-electron chi connectivity index (χ4n) is 3.15. The molecule has 2 nitrogen and oxygen atoms in total. The Morgan fingerprint density at radius 2 is 1.46 bits per heavy atom. The lowest BCUT2D eigenvalue weighted by Crippen LogP contribution is -2.22. The normalized spacial score (nSPS) is 18.1. The molecule has 1 N–H and O–H groups in total. The van der Waals surface area contributed by atoms with E-state index >= 15 is 0 Å². The van der Waals surface area contributed by atoms with Gasteiger partial charge in [-0.3, -0.25) is 4.99 Å². The van der Waals surface area contributed by atoms with Crippen LogP contribution in [0, 0.1) is 0 Å². The van der Waals surface area contributed by atoms with Crippen molar-refractivity contribution in [2.45, 2.75) is 17.8 Å². The molecule has 3 aromatic rings. The van der Waals surface area contributed by atoms with E-state index in [4.69, 9.17) is 28.2 Å². The van der Waals surface area contributed by atoms with Gasteiger partial charge in [-0.15, -0.1) is 12.4 Å². The summed E-state index contributed by atoms with van der Waals surface area (Å²) in [6.07, 6.45) is 0. The number of benzene rings is 3. The molecule has 28 heavy (non-hydrogen) atoms. The number of hydrogen-bond donors (Lipinski definition) is 1. The molecule has 0 saturated heterocycles. The van der Waals surface area contributed by atoms with Gasteiger partial charge in [0.15, 0.2) is 5.17 Å². The Morgan fingerprint density at radius 3 is 2.11 bits per heavy atom. The topological polar surface area (TPSA) is 24.4 Å². The highest BCUT2D eigenvalue weighted by molar-refractivity contribution is 8.13. The second kappa shape index (κ2) is 9.71. The SMILES string of the molecule is Cl.Clc1ccc(CSC2=N[C@H](c3ccccc3)[C@H](c3ccccc3)N2)cc1Cl. The zero-order valence-corrected chi connectivity index (χ0v) is 18.0. The fourth-order valence-corrected chi connectivity index (χ4v) is 4.36. The zero-order chi connectivity index (χ0) is 18.6. The number of thioether (sulfide) groups is 1. The van der Waals surface area contributed by atoms with E-state index in [1.54, 1.807) is 11.8 Å². The number of hydrogen-bond acceptors (Lipinski definition) is 3. The van der Waals surface area contributed by atoms with Gasteiger partial charge in [0.2, 0.25) is 0 Å². The molecule has 0 bridgehead atoms. The summed E-state index contributed by atoms with van der Waals surface area (Å²) in [5, 5.41) is 5.72. The largest absolute Gasteiger partial charge is 0.356 e. The molecule has 1 aliphatic heterocycles. The third kappa shape index (κ3) is 4.84. The average molecular weight is 450 g/mol. The van der Waals surface area contributed by atoms with E-state index in [-0.39, 0.29) is 24.5 Å². The molecular weight excluding hydrogens is 431 g/mol. The highest BCUT2D eigenvalue weighted by atomic mass is 35.5. The number of nitrogens with one attached hydrogen (secondary N) is 1. The molecule has 0 aromatic heterocycles. The molecule has 1 heterocycles. The first-order valence-electron chi connectivity index (χ1n) is 8.71. The number of amidine groups is 1. The van der Waals surface area contributed by atoms with Crippen molar-refractivity contribution in [1.29, 1.82) is 0 Å². The van der Waals surface area contributed by atoms with E-state index < -0.39 is 0 Å². The third-order valence-corrected chi connectivity index (χ3v) is 6.22. The van der Waals surface area contributed by atoms with E-state index in [9.17, 15) is 0 Å². The third-order valence-electron chi connectivity index (χ3n) is 4.51. The zero-order valence-electron chi connectivity index (χ0n) is 14.9. The van der Waals surface area contributed by atoms with Gasteiger partial charge in [0, 0.05) is 5.75 Å². The van der Waals surface area contributed by atoms with E-state index in [2.05, 4.69) is 53.8 Å². The van der Waals surface area contributed by atoms with Crippen LogP contribution in [0.2, 0.25) is 10.0 Å². The maximum absolute atomic E-state index is 6.13. The first kappa shape index (κ1) is 21.1. The van der Waals surface area contributed by atoms with E-state index in [1.165, 1.54) is 11.1 Å². The van der Waals surface area contributed by atoms with Crippen LogP contribution in [-0.4, -0.2) is 5.17 Å². The summed E-state index contributed by atoms with van der Waals surface area (Å²) in [6, 6.07) is 26.8. The highest BCUT2D eigenvalue weighted by Gasteiger charge is 2.31. The lowest BCUT2D eigenvalue weighted by Gasteiger charge is -2.19. The Balaban J connectivity index is 0.00000225. The number of nitrogens with zero attached hydrogens (tertiary/aromatic N) is 1. The van der Waals surface area contributed by atoms with Crippen molar-refractivity contribution in [3.63, 3.8) is 0 Å². The van der Waals surface area contributed by atoms with Crippen molar-refractivity contribution in [2.24, 2.45) is 4.99 Å².